The Morgan fingerprint density at radius 3 is 2.48 bits per heavy atom. The molecule has 2 aromatic rings. The van der Waals surface area contributed by atoms with Crippen molar-refractivity contribution < 1.29 is 21.9 Å². The molecule has 0 saturated carbocycles. The number of hydrogen-bond donors (Lipinski definition) is 2. The molecule has 0 atom stereocenters. The molecule has 0 spiro atoms. The van der Waals surface area contributed by atoms with E-state index in [2.05, 4.69) is 4.72 Å². The Balaban J connectivity index is 2.46. The molecule has 8 heteroatoms. The molecule has 0 saturated heterocycles. The first-order valence-corrected chi connectivity index (χ1v) is 7.24. The highest BCUT2D eigenvalue weighted by Gasteiger charge is 2.23. The molecule has 0 amide bonds. The lowest BCUT2D eigenvalue weighted by molar-refractivity contribution is 0.417. The van der Waals surface area contributed by atoms with Crippen LogP contribution in [0.15, 0.2) is 41.3 Å². The third kappa shape index (κ3) is 2.89. The maximum Gasteiger partial charge on any atom is 0.265 e. The number of para-hydroxylation sites is 2. The number of nitrogen functional groups attached to an aromatic ring is 1. The highest BCUT2D eigenvalue weighted by Crippen LogP contribution is 2.28. The molecular formula is C13H12F2N2O3S. The molecule has 0 unspecified atom stereocenters. The van der Waals surface area contributed by atoms with Gasteiger partial charge in [0.25, 0.3) is 10.0 Å². The van der Waals surface area contributed by atoms with Crippen molar-refractivity contribution in [3.63, 3.8) is 0 Å². The fraction of sp³-hybridized carbons (Fsp3) is 0.0769. The summed E-state index contributed by atoms with van der Waals surface area (Å²) in [4.78, 5) is -0.743. The van der Waals surface area contributed by atoms with Gasteiger partial charge in [0.2, 0.25) is 0 Å². The molecular weight excluding hydrogens is 302 g/mol. The van der Waals surface area contributed by atoms with Crippen LogP contribution in [-0.2, 0) is 10.0 Å². The van der Waals surface area contributed by atoms with E-state index in [1.165, 1.54) is 19.2 Å². The van der Waals surface area contributed by atoms with Crippen molar-refractivity contribution in [2.75, 3.05) is 17.6 Å². The summed E-state index contributed by atoms with van der Waals surface area (Å²) in [6.45, 7) is 0. The second kappa shape index (κ2) is 5.57. The minimum atomic E-state index is -4.27. The van der Waals surface area contributed by atoms with Crippen molar-refractivity contribution in [2.45, 2.75) is 4.90 Å². The average Bonchev–Trinajstić information content (AvgIpc) is 2.44. The van der Waals surface area contributed by atoms with Crippen molar-refractivity contribution in [2.24, 2.45) is 0 Å². The van der Waals surface area contributed by atoms with Crippen LogP contribution in [0.25, 0.3) is 0 Å². The Morgan fingerprint density at radius 1 is 1.14 bits per heavy atom. The lowest BCUT2D eigenvalue weighted by Crippen LogP contribution is -2.16. The summed E-state index contributed by atoms with van der Waals surface area (Å²) in [5.41, 5.74) is 4.44. The van der Waals surface area contributed by atoms with Gasteiger partial charge in [-0.2, -0.15) is 0 Å². The second-order valence-corrected chi connectivity index (χ2v) is 5.73. The van der Waals surface area contributed by atoms with E-state index in [1.807, 2.05) is 0 Å². The number of hydrogen-bond acceptors (Lipinski definition) is 4. The lowest BCUT2D eigenvalue weighted by atomic mass is 10.3. The normalized spacial score (nSPS) is 11.2. The van der Waals surface area contributed by atoms with Gasteiger partial charge in [-0.15, -0.1) is 0 Å². The molecule has 0 aliphatic heterocycles. The summed E-state index contributed by atoms with van der Waals surface area (Å²) in [6, 6.07) is 7.80. The lowest BCUT2D eigenvalue weighted by Gasteiger charge is -2.12. The third-order valence-corrected chi connectivity index (χ3v) is 4.11. The van der Waals surface area contributed by atoms with Crippen LogP contribution >= 0.6 is 0 Å². The molecule has 0 heterocycles. The van der Waals surface area contributed by atoms with Gasteiger partial charge in [0.15, 0.2) is 5.82 Å². The number of anilines is 2. The summed E-state index contributed by atoms with van der Waals surface area (Å²) in [5.74, 6) is -2.10. The molecule has 21 heavy (non-hydrogen) atoms. The molecule has 0 radical (unpaired) electrons. The number of benzene rings is 2. The van der Waals surface area contributed by atoms with Crippen LogP contribution in [0, 0.1) is 11.6 Å². The van der Waals surface area contributed by atoms with Crippen LogP contribution in [0.2, 0.25) is 0 Å². The topological polar surface area (TPSA) is 81.4 Å². The smallest absolute Gasteiger partial charge is 0.265 e. The van der Waals surface area contributed by atoms with E-state index in [4.69, 9.17) is 10.5 Å². The van der Waals surface area contributed by atoms with E-state index in [1.54, 1.807) is 12.1 Å². The standard InChI is InChI=1S/C13H12F2N2O3S/c1-20-10-5-3-2-4-9(10)17-21(18,19)11-7-6-8(14)13(16)12(11)15/h2-7,17H,16H2,1H3. The van der Waals surface area contributed by atoms with E-state index in [0.29, 0.717) is 0 Å². The molecule has 2 rings (SSSR count). The monoisotopic (exact) mass is 314 g/mol. The molecule has 0 aromatic heterocycles. The first kappa shape index (κ1) is 15.0. The predicted molar refractivity (Wildman–Crippen MR) is 74.6 cm³/mol. The Morgan fingerprint density at radius 2 is 1.81 bits per heavy atom. The van der Waals surface area contributed by atoms with Crippen LogP contribution in [0.4, 0.5) is 20.2 Å². The number of methoxy groups -OCH3 is 1. The van der Waals surface area contributed by atoms with Gasteiger partial charge in [-0.05, 0) is 24.3 Å². The van der Waals surface area contributed by atoms with Crippen LogP contribution < -0.4 is 15.2 Å². The molecule has 0 fully saturated rings. The summed E-state index contributed by atoms with van der Waals surface area (Å²) in [5, 5.41) is 0. The molecule has 0 bridgehead atoms. The molecule has 5 nitrogen and oxygen atoms in total. The molecule has 2 aromatic carbocycles. The Bertz CT molecular complexity index is 779. The van der Waals surface area contributed by atoms with Gasteiger partial charge >= 0.3 is 0 Å². The zero-order valence-electron chi connectivity index (χ0n) is 10.9. The largest absolute Gasteiger partial charge is 0.495 e. The SMILES string of the molecule is COc1ccccc1NS(=O)(=O)c1ccc(F)c(N)c1F. The van der Waals surface area contributed by atoms with Crippen molar-refractivity contribution >= 4 is 21.4 Å². The highest BCUT2D eigenvalue weighted by molar-refractivity contribution is 7.92. The number of nitrogens with one attached hydrogen (secondary N) is 1. The van der Waals surface area contributed by atoms with Crippen LogP contribution in [-0.4, -0.2) is 15.5 Å². The summed E-state index contributed by atoms with van der Waals surface area (Å²) < 4.78 is 58.4. The third-order valence-electron chi connectivity index (χ3n) is 2.73. The number of halogens is 2. The fourth-order valence-corrected chi connectivity index (χ4v) is 2.85. The minimum absolute atomic E-state index is 0.127. The van der Waals surface area contributed by atoms with Crippen molar-refractivity contribution in [3.8, 4) is 5.75 Å². The number of ether oxygens (including phenoxy) is 1. The first-order valence-electron chi connectivity index (χ1n) is 5.76. The van der Waals surface area contributed by atoms with E-state index in [9.17, 15) is 17.2 Å². The molecule has 0 aliphatic carbocycles. The van der Waals surface area contributed by atoms with Crippen LogP contribution in [0.3, 0.4) is 0 Å². The van der Waals surface area contributed by atoms with Gasteiger partial charge in [-0.1, -0.05) is 12.1 Å². The van der Waals surface area contributed by atoms with Gasteiger partial charge in [-0.3, -0.25) is 4.72 Å². The van der Waals surface area contributed by atoms with Crippen LogP contribution in [0.1, 0.15) is 0 Å². The summed E-state index contributed by atoms with van der Waals surface area (Å²) >= 11 is 0. The van der Waals surface area contributed by atoms with E-state index in [-0.39, 0.29) is 11.4 Å². The number of rotatable bonds is 4. The zero-order chi connectivity index (χ0) is 15.6. The Kier molecular flexibility index (Phi) is 3.99. The van der Waals surface area contributed by atoms with E-state index in [0.717, 1.165) is 12.1 Å². The minimum Gasteiger partial charge on any atom is -0.495 e. The molecule has 112 valence electrons. The van der Waals surface area contributed by atoms with E-state index < -0.39 is 32.2 Å². The van der Waals surface area contributed by atoms with Crippen molar-refractivity contribution in [3.05, 3.63) is 48.0 Å². The van der Waals surface area contributed by atoms with Crippen LogP contribution in [0.5, 0.6) is 5.75 Å². The first-order chi connectivity index (χ1) is 9.86. The van der Waals surface area contributed by atoms with Gasteiger partial charge < -0.3 is 10.5 Å². The maximum atomic E-state index is 13.8. The Hall–Kier alpha value is -2.35. The highest BCUT2D eigenvalue weighted by atomic mass is 32.2. The zero-order valence-corrected chi connectivity index (χ0v) is 11.7. The number of sulfonamides is 1. The summed E-state index contributed by atoms with van der Waals surface area (Å²) in [6.07, 6.45) is 0. The van der Waals surface area contributed by atoms with Gasteiger partial charge in [0.05, 0.1) is 12.8 Å². The fourth-order valence-electron chi connectivity index (χ4n) is 1.69. The average molecular weight is 314 g/mol. The quantitative estimate of drug-likeness (QED) is 0.849. The maximum absolute atomic E-state index is 13.8. The summed E-state index contributed by atoms with van der Waals surface area (Å²) in [7, 11) is -2.90. The Labute approximate surface area is 120 Å². The molecule has 3 N–H and O–H groups in total. The van der Waals surface area contributed by atoms with Gasteiger partial charge in [0, 0.05) is 0 Å². The predicted octanol–water partition coefficient (Wildman–Crippen LogP) is 2.36. The second-order valence-electron chi connectivity index (χ2n) is 4.08. The van der Waals surface area contributed by atoms with Crippen molar-refractivity contribution in [1.82, 2.24) is 0 Å². The van der Waals surface area contributed by atoms with Gasteiger partial charge in [0.1, 0.15) is 22.1 Å². The van der Waals surface area contributed by atoms with Crippen molar-refractivity contribution in [1.29, 1.82) is 0 Å². The molecule has 0 aliphatic rings. The van der Waals surface area contributed by atoms with Gasteiger partial charge in [-0.25, -0.2) is 17.2 Å². The number of nitrogens with two attached hydrogens (primary N) is 1. The van der Waals surface area contributed by atoms with E-state index >= 15 is 0 Å².